The molecule has 6 nitrogen and oxygen atoms in total. The van der Waals surface area contributed by atoms with Crippen molar-refractivity contribution in [1.82, 2.24) is 24.2 Å². The molecule has 2 heterocycles. The molecule has 0 aliphatic carbocycles. The molecule has 0 aliphatic rings. The molecular formula is C18H14ClF6N5O. The number of imidazole rings is 1. The van der Waals surface area contributed by atoms with Gasteiger partial charge in [-0.1, -0.05) is 17.7 Å². The van der Waals surface area contributed by atoms with Crippen molar-refractivity contribution in [3.05, 3.63) is 65.0 Å². The minimum absolute atomic E-state index is 0.0118. The van der Waals surface area contributed by atoms with Crippen LogP contribution in [0.15, 0.2) is 42.9 Å². The van der Waals surface area contributed by atoms with Crippen molar-refractivity contribution in [1.29, 1.82) is 0 Å². The van der Waals surface area contributed by atoms with E-state index in [1.165, 1.54) is 24.3 Å². The van der Waals surface area contributed by atoms with Crippen molar-refractivity contribution >= 4 is 17.5 Å². The van der Waals surface area contributed by atoms with Crippen molar-refractivity contribution in [2.24, 2.45) is 0 Å². The standard InChI is InChI=1S/C18H14ClF6N5O/c1-28(9-14-26-5-6-29(14)10-17(20,21)22)16(31)13-8-27-30(15(13)18(23,24)25)12-4-2-3-11(19)7-12/h2-8H,9-10H2,1H3. The van der Waals surface area contributed by atoms with Gasteiger partial charge >= 0.3 is 12.4 Å². The first-order valence-electron chi connectivity index (χ1n) is 8.60. The Morgan fingerprint density at radius 2 is 1.90 bits per heavy atom. The number of carbonyl (C=O) groups is 1. The van der Waals surface area contributed by atoms with Crippen LogP contribution in [0.5, 0.6) is 0 Å². The quantitative estimate of drug-likeness (QED) is 0.518. The number of amides is 1. The third-order valence-electron chi connectivity index (χ3n) is 4.20. The van der Waals surface area contributed by atoms with E-state index < -0.39 is 42.6 Å². The van der Waals surface area contributed by atoms with Gasteiger partial charge in [-0.15, -0.1) is 0 Å². The van der Waals surface area contributed by atoms with Gasteiger partial charge in [-0.25, -0.2) is 9.67 Å². The molecule has 0 aliphatic heterocycles. The van der Waals surface area contributed by atoms with E-state index in [0.717, 1.165) is 35.1 Å². The van der Waals surface area contributed by atoms with E-state index in [0.29, 0.717) is 4.68 Å². The van der Waals surface area contributed by atoms with Crippen LogP contribution in [-0.4, -0.2) is 43.4 Å². The molecule has 3 aromatic rings. The van der Waals surface area contributed by atoms with Crippen LogP contribution in [0.3, 0.4) is 0 Å². The normalized spacial score (nSPS) is 12.3. The summed E-state index contributed by atoms with van der Waals surface area (Å²) in [5.41, 5.74) is -2.10. The van der Waals surface area contributed by atoms with Gasteiger partial charge in [0, 0.05) is 24.5 Å². The lowest BCUT2D eigenvalue weighted by molar-refractivity contribution is -0.143. The Kier molecular flexibility index (Phi) is 6.03. The fraction of sp³-hybridized carbons (Fsp3) is 0.278. The number of carbonyl (C=O) groups excluding carboxylic acids is 1. The highest BCUT2D eigenvalue weighted by atomic mass is 35.5. The Hall–Kier alpha value is -3.02. The fourth-order valence-corrected chi connectivity index (χ4v) is 3.08. The Morgan fingerprint density at radius 1 is 1.19 bits per heavy atom. The minimum atomic E-state index is -4.95. The molecule has 0 spiro atoms. The third kappa shape index (κ3) is 5.19. The first kappa shape index (κ1) is 22.7. The second-order valence-electron chi connectivity index (χ2n) is 6.54. The van der Waals surface area contributed by atoms with Crippen LogP contribution in [0, 0.1) is 0 Å². The first-order valence-corrected chi connectivity index (χ1v) is 8.98. The summed E-state index contributed by atoms with van der Waals surface area (Å²) in [7, 11) is 1.16. The summed E-state index contributed by atoms with van der Waals surface area (Å²) in [6.07, 6.45) is -6.54. The van der Waals surface area contributed by atoms with E-state index in [1.807, 2.05) is 0 Å². The second kappa shape index (κ2) is 8.25. The largest absolute Gasteiger partial charge is 0.434 e. The average Bonchev–Trinajstić information content (AvgIpc) is 3.26. The predicted molar refractivity (Wildman–Crippen MR) is 97.7 cm³/mol. The topological polar surface area (TPSA) is 56.0 Å². The lowest BCUT2D eigenvalue weighted by Crippen LogP contribution is -2.30. The summed E-state index contributed by atoms with van der Waals surface area (Å²) in [6, 6.07) is 5.47. The summed E-state index contributed by atoms with van der Waals surface area (Å²) < 4.78 is 80.6. The molecule has 2 aromatic heterocycles. The van der Waals surface area contributed by atoms with E-state index >= 15 is 0 Å². The average molecular weight is 466 g/mol. The molecule has 0 unspecified atom stereocenters. The lowest BCUT2D eigenvalue weighted by Gasteiger charge is -2.19. The molecular weight excluding hydrogens is 452 g/mol. The van der Waals surface area contributed by atoms with Gasteiger partial charge in [-0.3, -0.25) is 4.79 Å². The van der Waals surface area contributed by atoms with Crippen LogP contribution in [0.1, 0.15) is 21.9 Å². The zero-order valence-electron chi connectivity index (χ0n) is 15.7. The van der Waals surface area contributed by atoms with Crippen molar-refractivity contribution < 1.29 is 31.1 Å². The van der Waals surface area contributed by atoms with Gasteiger partial charge in [0.25, 0.3) is 5.91 Å². The monoisotopic (exact) mass is 465 g/mol. The first-order chi connectivity index (χ1) is 14.4. The zero-order chi connectivity index (χ0) is 23.0. The van der Waals surface area contributed by atoms with Gasteiger partial charge < -0.3 is 9.47 Å². The van der Waals surface area contributed by atoms with Crippen molar-refractivity contribution in [2.75, 3.05) is 7.05 Å². The molecule has 3 rings (SSSR count). The number of halogens is 7. The Balaban J connectivity index is 1.93. The van der Waals surface area contributed by atoms with E-state index in [1.54, 1.807) is 0 Å². The molecule has 0 saturated heterocycles. The molecule has 1 aromatic carbocycles. The summed E-state index contributed by atoms with van der Waals surface area (Å²) in [5, 5.41) is 3.85. The van der Waals surface area contributed by atoms with E-state index in [2.05, 4.69) is 10.1 Å². The zero-order valence-corrected chi connectivity index (χ0v) is 16.5. The lowest BCUT2D eigenvalue weighted by atomic mass is 10.2. The molecule has 0 fully saturated rings. The maximum Gasteiger partial charge on any atom is 0.434 e. The summed E-state index contributed by atoms with van der Waals surface area (Å²) in [6.45, 7) is -1.79. The molecule has 0 saturated carbocycles. The minimum Gasteiger partial charge on any atom is -0.334 e. The molecule has 0 atom stereocenters. The van der Waals surface area contributed by atoms with Crippen LogP contribution in [0.2, 0.25) is 5.02 Å². The van der Waals surface area contributed by atoms with E-state index in [9.17, 15) is 31.1 Å². The number of hydrogen-bond donors (Lipinski definition) is 0. The smallest absolute Gasteiger partial charge is 0.334 e. The highest BCUT2D eigenvalue weighted by molar-refractivity contribution is 6.30. The van der Waals surface area contributed by atoms with Crippen LogP contribution in [0.4, 0.5) is 26.3 Å². The van der Waals surface area contributed by atoms with Crippen LogP contribution >= 0.6 is 11.6 Å². The van der Waals surface area contributed by atoms with Gasteiger partial charge in [0.15, 0.2) is 5.69 Å². The van der Waals surface area contributed by atoms with Crippen molar-refractivity contribution in [3.63, 3.8) is 0 Å². The SMILES string of the molecule is CN(Cc1nccn1CC(F)(F)F)C(=O)c1cnn(-c2cccc(Cl)c2)c1C(F)(F)F. The number of benzene rings is 1. The number of alkyl halides is 6. The van der Waals surface area contributed by atoms with E-state index in [-0.39, 0.29) is 16.5 Å². The van der Waals surface area contributed by atoms with Gasteiger partial charge in [-0.05, 0) is 18.2 Å². The molecule has 13 heteroatoms. The highest BCUT2D eigenvalue weighted by Gasteiger charge is 2.41. The number of aromatic nitrogens is 4. The van der Waals surface area contributed by atoms with Gasteiger partial charge in [-0.2, -0.15) is 31.4 Å². The highest BCUT2D eigenvalue weighted by Crippen LogP contribution is 2.34. The third-order valence-corrected chi connectivity index (χ3v) is 4.43. The maximum absolute atomic E-state index is 13.8. The molecule has 31 heavy (non-hydrogen) atoms. The molecule has 0 radical (unpaired) electrons. The number of rotatable bonds is 5. The van der Waals surface area contributed by atoms with Gasteiger partial charge in [0.1, 0.15) is 12.4 Å². The van der Waals surface area contributed by atoms with Crippen LogP contribution < -0.4 is 0 Å². The van der Waals surface area contributed by atoms with E-state index in [4.69, 9.17) is 11.6 Å². The number of hydrogen-bond acceptors (Lipinski definition) is 3. The maximum atomic E-state index is 13.8. The molecule has 166 valence electrons. The van der Waals surface area contributed by atoms with Crippen molar-refractivity contribution in [2.45, 2.75) is 25.4 Å². The summed E-state index contributed by atoms with van der Waals surface area (Å²) >= 11 is 5.83. The molecule has 1 amide bonds. The van der Waals surface area contributed by atoms with Gasteiger partial charge in [0.05, 0.1) is 24.0 Å². The van der Waals surface area contributed by atoms with Crippen molar-refractivity contribution in [3.8, 4) is 5.69 Å². The van der Waals surface area contributed by atoms with Gasteiger partial charge in [0.2, 0.25) is 0 Å². The Morgan fingerprint density at radius 3 is 2.52 bits per heavy atom. The Bertz CT molecular complexity index is 1090. The summed E-state index contributed by atoms with van der Waals surface area (Å²) in [5.74, 6) is -1.22. The Labute approximate surface area is 176 Å². The predicted octanol–water partition coefficient (Wildman–Crippen LogP) is 4.58. The van der Waals surface area contributed by atoms with Crippen LogP contribution in [0.25, 0.3) is 5.69 Å². The molecule has 0 bridgehead atoms. The summed E-state index contributed by atoms with van der Waals surface area (Å²) in [4.78, 5) is 17.3. The van der Waals surface area contributed by atoms with Crippen LogP contribution in [-0.2, 0) is 19.3 Å². The molecule has 0 N–H and O–H groups in total. The fourth-order valence-electron chi connectivity index (χ4n) is 2.90. The number of nitrogens with zero attached hydrogens (tertiary/aromatic N) is 5. The second-order valence-corrected chi connectivity index (χ2v) is 6.98.